The van der Waals surface area contributed by atoms with Crippen LogP contribution in [0, 0.1) is 6.92 Å². The minimum atomic E-state index is 0.773. The van der Waals surface area contributed by atoms with E-state index in [0.29, 0.717) is 0 Å². The van der Waals surface area contributed by atoms with Crippen molar-refractivity contribution in [3.05, 3.63) is 53.2 Å². The van der Waals surface area contributed by atoms with Gasteiger partial charge in [-0.05, 0) is 23.9 Å². The summed E-state index contributed by atoms with van der Waals surface area (Å²) in [6, 6.07) is 12.2. The number of aromatic nitrogens is 1. The van der Waals surface area contributed by atoms with Crippen molar-refractivity contribution in [2.45, 2.75) is 6.92 Å². The molecule has 0 radical (unpaired) electrons. The van der Waals surface area contributed by atoms with Gasteiger partial charge in [0.05, 0.1) is 5.52 Å². The summed E-state index contributed by atoms with van der Waals surface area (Å²) in [4.78, 5) is 4.49. The summed E-state index contributed by atoms with van der Waals surface area (Å²) in [5.41, 5.74) is 2.04. The zero-order valence-electron chi connectivity index (χ0n) is 8.87. The van der Waals surface area contributed by atoms with Crippen molar-refractivity contribution < 1.29 is 0 Å². The van der Waals surface area contributed by atoms with Gasteiger partial charge in [0, 0.05) is 22.0 Å². The molecule has 0 unspecified atom stereocenters. The van der Waals surface area contributed by atoms with Crippen LogP contribution in [0.5, 0.6) is 0 Å². The Morgan fingerprint density at radius 3 is 2.69 bits per heavy atom. The molecular formula is C14H10ClN. The zero-order valence-corrected chi connectivity index (χ0v) is 9.62. The van der Waals surface area contributed by atoms with Crippen molar-refractivity contribution in [3.63, 3.8) is 0 Å². The van der Waals surface area contributed by atoms with Gasteiger partial charge in [-0.3, -0.25) is 4.98 Å². The van der Waals surface area contributed by atoms with Gasteiger partial charge in [-0.1, -0.05) is 41.9 Å². The van der Waals surface area contributed by atoms with Crippen molar-refractivity contribution in [1.29, 1.82) is 0 Å². The molecule has 0 aliphatic carbocycles. The fraction of sp³-hybridized carbons (Fsp3) is 0.0714. The van der Waals surface area contributed by atoms with Crippen LogP contribution in [0.25, 0.3) is 21.7 Å². The Morgan fingerprint density at radius 1 is 1.00 bits per heavy atom. The Morgan fingerprint density at radius 2 is 1.81 bits per heavy atom. The predicted octanol–water partition coefficient (Wildman–Crippen LogP) is 4.35. The van der Waals surface area contributed by atoms with Crippen LogP contribution in [0.3, 0.4) is 0 Å². The molecule has 0 N–H and O–H groups in total. The highest BCUT2D eigenvalue weighted by Crippen LogP contribution is 2.28. The number of nitrogens with zero attached hydrogens (tertiary/aromatic N) is 1. The molecule has 1 heterocycles. The van der Waals surface area contributed by atoms with Gasteiger partial charge in [-0.2, -0.15) is 0 Å². The molecule has 0 aliphatic rings. The third-order valence-electron chi connectivity index (χ3n) is 2.95. The summed E-state index contributed by atoms with van der Waals surface area (Å²) < 4.78 is 0. The maximum absolute atomic E-state index is 6.10. The van der Waals surface area contributed by atoms with Gasteiger partial charge >= 0.3 is 0 Å². The second kappa shape index (κ2) is 3.46. The number of fused-ring (bicyclic) bond motifs is 3. The van der Waals surface area contributed by atoms with Crippen LogP contribution in [0.1, 0.15) is 5.56 Å². The molecule has 3 rings (SSSR count). The van der Waals surface area contributed by atoms with Crippen molar-refractivity contribution in [2.75, 3.05) is 0 Å². The van der Waals surface area contributed by atoms with Gasteiger partial charge in [-0.25, -0.2) is 0 Å². The average molecular weight is 228 g/mol. The fourth-order valence-electron chi connectivity index (χ4n) is 2.05. The van der Waals surface area contributed by atoms with E-state index >= 15 is 0 Å². The smallest absolute Gasteiger partial charge is 0.0752 e. The van der Waals surface area contributed by atoms with E-state index in [1.165, 1.54) is 10.8 Å². The fourth-order valence-corrected chi connectivity index (χ4v) is 2.20. The maximum Gasteiger partial charge on any atom is 0.0752 e. The standard InChI is InChI=1S/C14H10ClN/c1-9-13(15)7-6-12-11-5-3-2-4-10(11)8-16-14(9)12/h2-8H,1H3. The van der Waals surface area contributed by atoms with E-state index in [2.05, 4.69) is 17.1 Å². The molecule has 16 heavy (non-hydrogen) atoms. The highest BCUT2D eigenvalue weighted by molar-refractivity contribution is 6.32. The third-order valence-corrected chi connectivity index (χ3v) is 3.36. The second-order valence-corrected chi connectivity index (χ2v) is 4.32. The van der Waals surface area contributed by atoms with E-state index in [1.54, 1.807) is 0 Å². The first-order valence-corrected chi connectivity index (χ1v) is 5.58. The van der Waals surface area contributed by atoms with E-state index in [-0.39, 0.29) is 0 Å². The monoisotopic (exact) mass is 227 g/mol. The Balaban J connectivity index is 2.58. The molecule has 0 fully saturated rings. The van der Waals surface area contributed by atoms with Crippen molar-refractivity contribution in [1.82, 2.24) is 4.98 Å². The van der Waals surface area contributed by atoms with Gasteiger partial charge < -0.3 is 0 Å². The molecule has 3 aromatic rings. The molecule has 0 atom stereocenters. The summed E-state index contributed by atoms with van der Waals surface area (Å²) in [6.07, 6.45) is 1.90. The first-order chi connectivity index (χ1) is 7.77. The molecule has 1 aromatic heterocycles. The summed E-state index contributed by atoms with van der Waals surface area (Å²) in [5, 5.41) is 4.33. The number of hydrogen-bond acceptors (Lipinski definition) is 1. The summed E-state index contributed by atoms with van der Waals surface area (Å²) in [7, 11) is 0. The lowest BCUT2D eigenvalue weighted by molar-refractivity contribution is 1.39. The number of benzene rings is 2. The van der Waals surface area contributed by atoms with Crippen molar-refractivity contribution in [3.8, 4) is 0 Å². The third kappa shape index (κ3) is 1.29. The van der Waals surface area contributed by atoms with Crippen LogP contribution in [-0.4, -0.2) is 4.98 Å². The van der Waals surface area contributed by atoms with E-state index in [0.717, 1.165) is 21.5 Å². The normalized spacial score (nSPS) is 11.1. The Labute approximate surface area is 98.7 Å². The average Bonchev–Trinajstić information content (AvgIpc) is 2.33. The quantitative estimate of drug-likeness (QED) is 0.521. The minimum Gasteiger partial charge on any atom is -0.255 e. The lowest BCUT2D eigenvalue weighted by atomic mass is 10.0. The van der Waals surface area contributed by atoms with Gasteiger partial charge in [0.25, 0.3) is 0 Å². The molecule has 0 saturated heterocycles. The van der Waals surface area contributed by atoms with Crippen LogP contribution in [0.4, 0.5) is 0 Å². The SMILES string of the molecule is Cc1c(Cl)ccc2c1ncc1ccccc12. The minimum absolute atomic E-state index is 0.773. The summed E-state index contributed by atoms with van der Waals surface area (Å²) >= 11 is 6.10. The van der Waals surface area contributed by atoms with Gasteiger partial charge in [0.15, 0.2) is 0 Å². The topological polar surface area (TPSA) is 12.9 Å². The largest absolute Gasteiger partial charge is 0.255 e. The number of aryl methyl sites for hydroxylation is 1. The van der Waals surface area contributed by atoms with Crippen LogP contribution >= 0.6 is 11.6 Å². The molecule has 2 aromatic carbocycles. The van der Waals surface area contributed by atoms with Crippen LogP contribution in [0.2, 0.25) is 5.02 Å². The van der Waals surface area contributed by atoms with E-state index < -0.39 is 0 Å². The molecular weight excluding hydrogens is 218 g/mol. The molecule has 0 aliphatic heterocycles. The summed E-state index contributed by atoms with van der Waals surface area (Å²) in [6.45, 7) is 2.01. The number of pyridine rings is 1. The van der Waals surface area contributed by atoms with Crippen molar-refractivity contribution >= 4 is 33.3 Å². The first-order valence-electron chi connectivity index (χ1n) is 5.20. The van der Waals surface area contributed by atoms with Crippen molar-refractivity contribution in [2.24, 2.45) is 0 Å². The maximum atomic E-state index is 6.10. The molecule has 0 spiro atoms. The second-order valence-electron chi connectivity index (χ2n) is 3.91. The molecule has 78 valence electrons. The van der Waals surface area contributed by atoms with E-state index in [4.69, 9.17) is 11.6 Å². The van der Waals surface area contributed by atoms with Gasteiger partial charge in [0.2, 0.25) is 0 Å². The highest BCUT2D eigenvalue weighted by Gasteiger charge is 2.05. The first kappa shape index (κ1) is 9.61. The number of rotatable bonds is 0. The molecule has 2 heteroatoms. The zero-order chi connectivity index (χ0) is 11.1. The van der Waals surface area contributed by atoms with Crippen LogP contribution < -0.4 is 0 Å². The predicted molar refractivity (Wildman–Crippen MR) is 69.0 cm³/mol. The van der Waals surface area contributed by atoms with E-state index in [9.17, 15) is 0 Å². The highest BCUT2D eigenvalue weighted by atomic mass is 35.5. The van der Waals surface area contributed by atoms with Crippen LogP contribution in [0.15, 0.2) is 42.6 Å². The molecule has 1 nitrogen and oxygen atoms in total. The van der Waals surface area contributed by atoms with Crippen LogP contribution in [-0.2, 0) is 0 Å². The van der Waals surface area contributed by atoms with Gasteiger partial charge in [-0.15, -0.1) is 0 Å². The Bertz CT molecular complexity index is 689. The summed E-state index contributed by atoms with van der Waals surface area (Å²) in [5.74, 6) is 0. The number of halogens is 1. The molecule has 0 amide bonds. The van der Waals surface area contributed by atoms with E-state index in [1.807, 2.05) is 37.4 Å². The number of hydrogen-bond donors (Lipinski definition) is 0. The lowest BCUT2D eigenvalue weighted by Gasteiger charge is -2.06. The lowest BCUT2D eigenvalue weighted by Crippen LogP contribution is -1.86. The Hall–Kier alpha value is -1.60. The molecule has 0 bridgehead atoms. The Kier molecular flexibility index (Phi) is 2.08. The molecule has 0 saturated carbocycles. The van der Waals surface area contributed by atoms with Gasteiger partial charge in [0.1, 0.15) is 0 Å².